The van der Waals surface area contributed by atoms with Gasteiger partial charge in [0.1, 0.15) is 35.3 Å². The molecule has 1 saturated carbocycles. The second-order valence-electron chi connectivity index (χ2n) is 7.87. The Hall–Kier alpha value is -2.63. The van der Waals surface area contributed by atoms with Crippen molar-refractivity contribution in [1.29, 1.82) is 0 Å². The molecule has 0 atom stereocenters. The lowest BCUT2D eigenvalue weighted by Gasteiger charge is -2.27. The zero-order valence-electron chi connectivity index (χ0n) is 15.9. The van der Waals surface area contributed by atoms with Gasteiger partial charge in [0, 0.05) is 18.2 Å². The largest absolute Gasteiger partial charge is 0.489 e. The van der Waals surface area contributed by atoms with E-state index < -0.39 is 5.60 Å². The number of hydrogen-bond donors (Lipinski definition) is 0. The summed E-state index contributed by atoms with van der Waals surface area (Å²) in [7, 11) is 0. The van der Waals surface area contributed by atoms with Gasteiger partial charge in [0.05, 0.1) is 0 Å². The zero-order valence-corrected chi connectivity index (χ0v) is 15.9. The minimum absolute atomic E-state index is 0.283. The highest BCUT2D eigenvalue weighted by atomic mass is 19.1. The number of aromatic nitrogens is 3. The lowest BCUT2D eigenvalue weighted by Crippen LogP contribution is -2.35. The molecule has 27 heavy (non-hydrogen) atoms. The fourth-order valence-electron chi connectivity index (χ4n) is 3.09. The van der Waals surface area contributed by atoms with Crippen LogP contribution in [0.1, 0.15) is 38.1 Å². The summed E-state index contributed by atoms with van der Waals surface area (Å²) in [5.41, 5.74) is 1.23. The smallest absolute Gasteiger partial charge is 0.167 e. The molecule has 1 aliphatic rings. The van der Waals surface area contributed by atoms with Crippen LogP contribution in [0.5, 0.6) is 11.5 Å². The summed E-state index contributed by atoms with van der Waals surface area (Å²) in [6.45, 7) is 6.22. The third kappa shape index (κ3) is 4.04. The van der Waals surface area contributed by atoms with Crippen LogP contribution in [0, 0.1) is 18.7 Å². The highest BCUT2D eigenvalue weighted by molar-refractivity contribution is 5.54. The average molecular weight is 369 g/mol. The number of rotatable bonds is 7. The van der Waals surface area contributed by atoms with Crippen molar-refractivity contribution < 1.29 is 13.9 Å². The van der Waals surface area contributed by atoms with Gasteiger partial charge in [-0.1, -0.05) is 0 Å². The fraction of sp³-hybridized carbons (Fsp3) is 0.429. The molecule has 0 N–H and O–H groups in total. The van der Waals surface area contributed by atoms with Crippen molar-refractivity contribution in [2.75, 3.05) is 6.61 Å². The van der Waals surface area contributed by atoms with Crippen LogP contribution < -0.4 is 9.47 Å². The summed E-state index contributed by atoms with van der Waals surface area (Å²) in [6.07, 6.45) is 5.54. The van der Waals surface area contributed by atoms with E-state index in [1.165, 1.54) is 25.0 Å². The molecule has 0 amide bonds. The Labute approximate surface area is 158 Å². The molecule has 3 aromatic rings. The molecule has 5 nitrogen and oxygen atoms in total. The van der Waals surface area contributed by atoms with E-state index in [1.54, 1.807) is 12.1 Å². The van der Waals surface area contributed by atoms with Crippen LogP contribution in [0.15, 0.2) is 36.5 Å². The molecule has 0 bridgehead atoms. The van der Waals surface area contributed by atoms with Crippen molar-refractivity contribution in [1.82, 2.24) is 14.6 Å². The van der Waals surface area contributed by atoms with Crippen LogP contribution in [0.3, 0.4) is 0 Å². The number of hydrogen-bond acceptors (Lipinski definition) is 4. The number of ether oxygens (including phenoxy) is 2. The highest BCUT2D eigenvalue weighted by Gasteiger charge is 2.25. The number of aryl methyl sites for hydroxylation is 1. The van der Waals surface area contributed by atoms with Crippen molar-refractivity contribution in [2.45, 2.75) is 45.6 Å². The quantitative estimate of drug-likeness (QED) is 0.621. The summed E-state index contributed by atoms with van der Waals surface area (Å²) in [5, 5.41) is 8.70. The van der Waals surface area contributed by atoms with Crippen molar-refractivity contribution in [3.8, 4) is 11.5 Å². The monoisotopic (exact) mass is 369 g/mol. The first-order valence-corrected chi connectivity index (χ1v) is 9.32. The number of halogens is 1. The van der Waals surface area contributed by atoms with E-state index in [9.17, 15) is 4.39 Å². The van der Waals surface area contributed by atoms with Crippen molar-refractivity contribution in [3.63, 3.8) is 0 Å². The Morgan fingerprint density at radius 2 is 1.89 bits per heavy atom. The van der Waals surface area contributed by atoms with Crippen molar-refractivity contribution >= 4 is 5.65 Å². The van der Waals surface area contributed by atoms with Gasteiger partial charge in [-0.2, -0.15) is 0 Å². The molecular formula is C21H24FN3O2. The predicted octanol–water partition coefficient (Wildman–Crippen LogP) is 4.37. The normalized spacial score (nSPS) is 14.5. The Morgan fingerprint density at radius 1 is 1.15 bits per heavy atom. The zero-order chi connectivity index (χ0) is 19.0. The van der Waals surface area contributed by atoms with E-state index in [2.05, 4.69) is 14.6 Å². The maximum atomic E-state index is 13.0. The summed E-state index contributed by atoms with van der Waals surface area (Å²) in [4.78, 5) is 0. The van der Waals surface area contributed by atoms with E-state index in [0.717, 1.165) is 35.1 Å². The maximum absolute atomic E-state index is 13.0. The van der Waals surface area contributed by atoms with Crippen LogP contribution in [0.25, 0.3) is 5.65 Å². The summed E-state index contributed by atoms with van der Waals surface area (Å²) >= 11 is 0. The van der Waals surface area contributed by atoms with Crippen LogP contribution in [0.4, 0.5) is 4.39 Å². The first kappa shape index (κ1) is 17.8. The van der Waals surface area contributed by atoms with Crippen LogP contribution in [0.2, 0.25) is 0 Å². The first-order chi connectivity index (χ1) is 12.9. The van der Waals surface area contributed by atoms with Crippen LogP contribution in [-0.2, 0) is 6.42 Å². The van der Waals surface area contributed by atoms with Gasteiger partial charge in [0.2, 0.25) is 0 Å². The van der Waals surface area contributed by atoms with Crippen molar-refractivity contribution in [2.24, 2.45) is 5.92 Å². The fourth-order valence-corrected chi connectivity index (χ4v) is 3.09. The number of nitrogens with zero attached hydrogens (tertiary/aromatic N) is 3. The highest BCUT2D eigenvalue weighted by Crippen LogP contribution is 2.33. The van der Waals surface area contributed by atoms with Gasteiger partial charge in [0.15, 0.2) is 5.65 Å². The van der Waals surface area contributed by atoms with E-state index >= 15 is 0 Å². The van der Waals surface area contributed by atoms with E-state index in [-0.39, 0.29) is 5.82 Å². The first-order valence-electron chi connectivity index (χ1n) is 9.32. The minimum Gasteiger partial charge on any atom is -0.489 e. The van der Waals surface area contributed by atoms with Crippen LogP contribution >= 0.6 is 0 Å². The maximum Gasteiger partial charge on any atom is 0.167 e. The molecule has 0 spiro atoms. The molecule has 1 aliphatic carbocycles. The lowest BCUT2D eigenvalue weighted by atomic mass is 10.1. The second-order valence-corrected chi connectivity index (χ2v) is 7.87. The Kier molecular flexibility index (Phi) is 4.50. The third-order valence-corrected chi connectivity index (χ3v) is 4.80. The molecule has 1 fully saturated rings. The summed E-state index contributed by atoms with van der Waals surface area (Å²) < 4.78 is 27.1. The van der Waals surface area contributed by atoms with Gasteiger partial charge in [-0.05, 0) is 69.9 Å². The van der Waals surface area contributed by atoms with Gasteiger partial charge in [-0.3, -0.25) is 4.40 Å². The molecule has 0 aliphatic heterocycles. The van der Waals surface area contributed by atoms with E-state index in [1.807, 2.05) is 33.0 Å². The molecule has 2 aromatic heterocycles. The van der Waals surface area contributed by atoms with Crippen molar-refractivity contribution in [3.05, 3.63) is 53.7 Å². The molecule has 142 valence electrons. The van der Waals surface area contributed by atoms with E-state index in [0.29, 0.717) is 12.4 Å². The topological polar surface area (TPSA) is 48.7 Å². The SMILES string of the molecule is Cc1c(OCC(C)(C)Oc2ccc(F)cc2)ccn2c(CC3CC3)nnc12. The summed E-state index contributed by atoms with van der Waals surface area (Å²) in [5.74, 6) is 2.87. The molecule has 4 rings (SSSR count). The molecule has 0 radical (unpaired) electrons. The van der Waals surface area contributed by atoms with Gasteiger partial charge in [0.25, 0.3) is 0 Å². The molecule has 6 heteroatoms. The standard InChI is InChI=1S/C21H24FN3O2/c1-14-18(10-11-25-19(12-15-4-5-15)23-24-20(14)25)26-13-21(2,3)27-17-8-6-16(22)7-9-17/h6-11,15H,4-5,12-13H2,1-3H3. The van der Waals surface area contributed by atoms with Crippen LogP contribution in [-0.4, -0.2) is 26.8 Å². The van der Waals surface area contributed by atoms with Gasteiger partial charge in [-0.25, -0.2) is 4.39 Å². The minimum atomic E-state index is -0.568. The second kappa shape index (κ2) is 6.83. The molecule has 0 unspecified atom stereocenters. The van der Waals surface area contributed by atoms with Gasteiger partial charge in [-0.15, -0.1) is 10.2 Å². The molecule has 0 saturated heterocycles. The van der Waals surface area contributed by atoms with Gasteiger partial charge < -0.3 is 9.47 Å². The van der Waals surface area contributed by atoms with Gasteiger partial charge >= 0.3 is 0 Å². The summed E-state index contributed by atoms with van der Waals surface area (Å²) in [6, 6.07) is 7.96. The molecule has 1 aromatic carbocycles. The lowest BCUT2D eigenvalue weighted by molar-refractivity contribution is 0.0518. The predicted molar refractivity (Wildman–Crippen MR) is 101 cm³/mol. The number of pyridine rings is 1. The van der Waals surface area contributed by atoms with E-state index in [4.69, 9.17) is 9.47 Å². The molecule has 2 heterocycles. The third-order valence-electron chi connectivity index (χ3n) is 4.80. The average Bonchev–Trinajstić information content (AvgIpc) is 3.35. The molecular weight excluding hydrogens is 345 g/mol. The Bertz CT molecular complexity index is 946. The number of benzene rings is 1. The number of fused-ring (bicyclic) bond motifs is 1. The Morgan fingerprint density at radius 3 is 2.59 bits per heavy atom. The Balaban J connectivity index is 1.46.